The Hall–Kier alpha value is -0.610. The standard InChI is InChI=1S/C14H11BrCl3NO/c1-20-14-10(15)5-9(16)6-12(14)19-7-8-3-2-4-11(17)13(8)18/h2-6,19H,7H2,1H3. The number of rotatable bonds is 4. The van der Waals surface area contributed by atoms with E-state index in [9.17, 15) is 0 Å². The molecule has 0 spiro atoms. The Morgan fingerprint density at radius 1 is 1.20 bits per heavy atom. The summed E-state index contributed by atoms with van der Waals surface area (Å²) < 4.78 is 6.13. The van der Waals surface area contributed by atoms with Crippen molar-refractivity contribution < 1.29 is 4.74 Å². The normalized spacial score (nSPS) is 10.4. The molecule has 0 aromatic heterocycles. The molecule has 0 aliphatic heterocycles. The lowest BCUT2D eigenvalue weighted by Gasteiger charge is -2.14. The highest BCUT2D eigenvalue weighted by atomic mass is 79.9. The maximum absolute atomic E-state index is 6.16. The van der Waals surface area contributed by atoms with Gasteiger partial charge in [-0.1, -0.05) is 46.9 Å². The van der Waals surface area contributed by atoms with Gasteiger partial charge in [-0.25, -0.2) is 0 Å². The fraction of sp³-hybridized carbons (Fsp3) is 0.143. The number of benzene rings is 2. The van der Waals surface area contributed by atoms with E-state index in [1.165, 1.54) is 0 Å². The first kappa shape index (κ1) is 15.8. The fourth-order valence-corrected chi connectivity index (χ4v) is 3.13. The highest BCUT2D eigenvalue weighted by Crippen LogP contribution is 2.37. The minimum Gasteiger partial charge on any atom is -0.493 e. The van der Waals surface area contributed by atoms with Crippen LogP contribution in [0.25, 0.3) is 0 Å². The third-order valence-corrected chi connectivity index (χ3v) is 4.38. The number of hydrogen-bond acceptors (Lipinski definition) is 2. The van der Waals surface area contributed by atoms with Crippen LogP contribution in [0.15, 0.2) is 34.8 Å². The van der Waals surface area contributed by atoms with E-state index in [4.69, 9.17) is 39.5 Å². The van der Waals surface area contributed by atoms with E-state index in [1.54, 1.807) is 25.3 Å². The zero-order chi connectivity index (χ0) is 14.7. The largest absolute Gasteiger partial charge is 0.493 e. The molecule has 0 saturated heterocycles. The van der Waals surface area contributed by atoms with Crippen LogP contribution in [0, 0.1) is 0 Å². The average Bonchev–Trinajstić information content (AvgIpc) is 2.40. The Balaban J connectivity index is 2.25. The van der Waals surface area contributed by atoms with Crippen LogP contribution in [0.1, 0.15) is 5.56 Å². The fourth-order valence-electron chi connectivity index (χ4n) is 1.77. The van der Waals surface area contributed by atoms with Crippen molar-refractivity contribution in [3.63, 3.8) is 0 Å². The molecule has 6 heteroatoms. The van der Waals surface area contributed by atoms with Crippen LogP contribution in [0.2, 0.25) is 15.1 Å². The second kappa shape index (κ2) is 6.90. The molecule has 0 aliphatic rings. The molecular weight excluding hydrogens is 384 g/mol. The zero-order valence-electron chi connectivity index (χ0n) is 10.5. The van der Waals surface area contributed by atoms with E-state index < -0.39 is 0 Å². The van der Waals surface area contributed by atoms with Crippen molar-refractivity contribution in [3.8, 4) is 5.75 Å². The summed E-state index contributed by atoms with van der Waals surface area (Å²) in [5.74, 6) is 0.688. The van der Waals surface area contributed by atoms with Crippen LogP contribution in [0.5, 0.6) is 5.75 Å². The summed E-state index contributed by atoms with van der Waals surface area (Å²) in [6.45, 7) is 0.516. The van der Waals surface area contributed by atoms with Crippen LogP contribution in [0.4, 0.5) is 5.69 Å². The Morgan fingerprint density at radius 2 is 1.95 bits per heavy atom. The molecule has 106 valence electrons. The molecule has 0 bridgehead atoms. The number of halogens is 4. The van der Waals surface area contributed by atoms with Crippen LogP contribution in [-0.2, 0) is 6.54 Å². The Bertz CT molecular complexity index is 634. The smallest absolute Gasteiger partial charge is 0.156 e. The summed E-state index contributed by atoms with van der Waals surface area (Å²) in [4.78, 5) is 0. The van der Waals surface area contributed by atoms with Crippen molar-refractivity contribution in [1.29, 1.82) is 0 Å². The van der Waals surface area contributed by atoms with Crippen molar-refractivity contribution in [1.82, 2.24) is 0 Å². The predicted molar refractivity (Wildman–Crippen MR) is 89.5 cm³/mol. The van der Waals surface area contributed by atoms with Gasteiger partial charge >= 0.3 is 0 Å². The molecule has 2 rings (SSSR count). The summed E-state index contributed by atoms with van der Waals surface area (Å²) in [5.41, 5.74) is 1.68. The Kier molecular flexibility index (Phi) is 5.44. The summed E-state index contributed by atoms with van der Waals surface area (Å²) in [6.07, 6.45) is 0. The molecular formula is C14H11BrCl3NO. The quantitative estimate of drug-likeness (QED) is 0.682. The van der Waals surface area contributed by atoms with E-state index >= 15 is 0 Å². The van der Waals surface area contributed by atoms with E-state index in [-0.39, 0.29) is 0 Å². The molecule has 2 nitrogen and oxygen atoms in total. The number of hydrogen-bond donors (Lipinski definition) is 1. The lowest BCUT2D eigenvalue weighted by atomic mass is 10.2. The SMILES string of the molecule is COc1c(Br)cc(Cl)cc1NCc1cccc(Cl)c1Cl. The summed E-state index contributed by atoms with van der Waals surface area (Å²) in [6, 6.07) is 9.09. The van der Waals surface area contributed by atoms with Crippen LogP contribution >= 0.6 is 50.7 Å². The molecule has 1 N–H and O–H groups in total. The first-order valence-corrected chi connectivity index (χ1v) is 7.65. The number of methoxy groups -OCH3 is 1. The average molecular weight is 396 g/mol. The van der Waals surface area contributed by atoms with Gasteiger partial charge in [-0.05, 0) is 39.7 Å². The van der Waals surface area contributed by atoms with E-state index in [2.05, 4.69) is 21.2 Å². The minimum atomic E-state index is 0.516. The molecule has 0 radical (unpaired) electrons. The van der Waals surface area contributed by atoms with Gasteiger partial charge in [0.25, 0.3) is 0 Å². The first-order chi connectivity index (χ1) is 9.52. The third-order valence-electron chi connectivity index (χ3n) is 2.71. The second-order valence-corrected chi connectivity index (χ2v) is 6.11. The van der Waals surface area contributed by atoms with Gasteiger partial charge in [0, 0.05) is 11.6 Å². The van der Waals surface area contributed by atoms with Gasteiger partial charge in [0.05, 0.1) is 27.3 Å². The van der Waals surface area contributed by atoms with Gasteiger partial charge < -0.3 is 10.1 Å². The predicted octanol–water partition coefficient (Wildman–Crippen LogP) is 6.03. The first-order valence-electron chi connectivity index (χ1n) is 5.72. The Labute approximate surface area is 141 Å². The minimum absolute atomic E-state index is 0.516. The second-order valence-electron chi connectivity index (χ2n) is 4.03. The lowest BCUT2D eigenvalue weighted by Crippen LogP contribution is -2.02. The van der Waals surface area contributed by atoms with Gasteiger partial charge in [-0.2, -0.15) is 0 Å². The van der Waals surface area contributed by atoms with Crippen molar-refractivity contribution in [2.45, 2.75) is 6.54 Å². The molecule has 2 aromatic rings. The van der Waals surface area contributed by atoms with E-state index in [0.29, 0.717) is 27.4 Å². The zero-order valence-corrected chi connectivity index (χ0v) is 14.4. The Morgan fingerprint density at radius 3 is 2.65 bits per heavy atom. The van der Waals surface area contributed by atoms with Gasteiger partial charge in [0.2, 0.25) is 0 Å². The molecule has 0 aliphatic carbocycles. The van der Waals surface area contributed by atoms with Crippen LogP contribution < -0.4 is 10.1 Å². The molecule has 0 unspecified atom stereocenters. The number of nitrogens with one attached hydrogen (secondary N) is 1. The number of anilines is 1. The monoisotopic (exact) mass is 393 g/mol. The highest BCUT2D eigenvalue weighted by molar-refractivity contribution is 9.10. The maximum Gasteiger partial charge on any atom is 0.156 e. The molecule has 0 heterocycles. The highest BCUT2D eigenvalue weighted by Gasteiger charge is 2.10. The number of ether oxygens (including phenoxy) is 1. The molecule has 2 aromatic carbocycles. The van der Waals surface area contributed by atoms with Crippen molar-refractivity contribution >= 4 is 56.4 Å². The van der Waals surface area contributed by atoms with Crippen molar-refractivity contribution in [2.24, 2.45) is 0 Å². The van der Waals surface area contributed by atoms with E-state index in [1.807, 2.05) is 12.1 Å². The molecule has 0 atom stereocenters. The summed E-state index contributed by atoms with van der Waals surface area (Å²) >= 11 is 21.6. The van der Waals surface area contributed by atoms with Crippen molar-refractivity contribution in [3.05, 3.63) is 55.4 Å². The molecule has 0 fully saturated rings. The summed E-state index contributed by atoms with van der Waals surface area (Å²) in [5, 5.41) is 4.93. The van der Waals surface area contributed by atoms with Crippen molar-refractivity contribution in [2.75, 3.05) is 12.4 Å². The van der Waals surface area contributed by atoms with Gasteiger partial charge in [-0.3, -0.25) is 0 Å². The van der Waals surface area contributed by atoms with Gasteiger partial charge in [0.1, 0.15) is 0 Å². The van der Waals surface area contributed by atoms with E-state index in [0.717, 1.165) is 15.7 Å². The van der Waals surface area contributed by atoms with Gasteiger partial charge in [-0.15, -0.1) is 0 Å². The molecule has 20 heavy (non-hydrogen) atoms. The van der Waals surface area contributed by atoms with Gasteiger partial charge in [0.15, 0.2) is 5.75 Å². The lowest BCUT2D eigenvalue weighted by molar-refractivity contribution is 0.414. The molecule has 0 saturated carbocycles. The van der Waals surface area contributed by atoms with Crippen LogP contribution in [-0.4, -0.2) is 7.11 Å². The summed E-state index contributed by atoms with van der Waals surface area (Å²) in [7, 11) is 1.60. The maximum atomic E-state index is 6.16. The third kappa shape index (κ3) is 3.53. The molecule has 0 amide bonds. The van der Waals surface area contributed by atoms with Crippen LogP contribution in [0.3, 0.4) is 0 Å². The topological polar surface area (TPSA) is 21.3 Å².